The van der Waals surface area contributed by atoms with Gasteiger partial charge in [-0.3, -0.25) is 0 Å². The molecule has 0 spiro atoms. The Kier molecular flexibility index (Phi) is 12.9. The highest BCUT2D eigenvalue weighted by molar-refractivity contribution is 6.03. The van der Waals surface area contributed by atoms with Gasteiger partial charge in [0.25, 0.3) is 0 Å². The molecule has 0 fully saturated rings. The third-order valence-electron chi connectivity index (χ3n) is 12.0. The third kappa shape index (κ3) is 8.91. The number of nitriles is 1. The fourth-order valence-corrected chi connectivity index (χ4v) is 8.50. The van der Waals surface area contributed by atoms with Gasteiger partial charge in [-0.05, 0) is 131 Å². The first kappa shape index (κ1) is 44.0. The maximum Gasteiger partial charge on any atom is 0.194 e. The fraction of sp³-hybridized carbons (Fsp3) is 0.0667. The van der Waals surface area contributed by atoms with Crippen molar-refractivity contribution in [1.82, 2.24) is 0 Å². The van der Waals surface area contributed by atoms with Crippen LogP contribution < -0.4 is 28.7 Å². The summed E-state index contributed by atoms with van der Waals surface area (Å²) in [5.74, 6) is 3.16. The largest absolute Gasteiger partial charge is 0.497 e. The number of hydrogen-bond acceptors (Lipinski definition) is 7. The number of ether oxygens (including phenoxy) is 4. The van der Waals surface area contributed by atoms with Crippen molar-refractivity contribution in [3.63, 3.8) is 0 Å². The van der Waals surface area contributed by atoms with Crippen molar-refractivity contribution >= 4 is 85.7 Å². The van der Waals surface area contributed by atoms with Gasteiger partial charge in [-0.25, -0.2) is 4.85 Å². The van der Waals surface area contributed by atoms with Gasteiger partial charge in [0.2, 0.25) is 0 Å². The molecule has 0 aromatic heterocycles. The molecule has 0 radical (unpaired) electrons. The van der Waals surface area contributed by atoms with E-state index in [9.17, 15) is 5.26 Å². The first-order valence-corrected chi connectivity index (χ1v) is 21.9. The summed E-state index contributed by atoms with van der Waals surface area (Å²) in [4.78, 5) is 8.30. The molecule has 0 saturated carbocycles. The summed E-state index contributed by atoms with van der Waals surface area (Å²) in [7, 11) is 6.70. The van der Waals surface area contributed by atoms with Crippen molar-refractivity contribution in [2.45, 2.75) is 0 Å². The first-order chi connectivity index (χ1) is 33.4. The highest BCUT2D eigenvalue weighted by Crippen LogP contribution is 2.44. The molecule has 0 heterocycles. The zero-order valence-electron chi connectivity index (χ0n) is 38.1. The average molecular weight is 887 g/mol. The van der Waals surface area contributed by atoms with Gasteiger partial charge in [0, 0.05) is 44.3 Å². The Bertz CT molecular complexity index is 3170. The molecule has 9 rings (SSSR count). The van der Waals surface area contributed by atoms with Crippen LogP contribution in [0.3, 0.4) is 0 Å². The average Bonchev–Trinajstić information content (AvgIpc) is 3.40. The van der Waals surface area contributed by atoms with E-state index in [-0.39, 0.29) is 0 Å². The monoisotopic (exact) mass is 886 g/mol. The summed E-state index contributed by atoms with van der Waals surface area (Å²) in [6, 6.07) is 63.1. The van der Waals surface area contributed by atoms with E-state index >= 15 is 0 Å². The van der Waals surface area contributed by atoms with Crippen molar-refractivity contribution in [3.8, 4) is 29.1 Å². The second kappa shape index (κ2) is 19.9. The van der Waals surface area contributed by atoms with E-state index in [1.165, 1.54) is 0 Å². The second-order valence-electron chi connectivity index (χ2n) is 15.8. The van der Waals surface area contributed by atoms with E-state index < -0.39 is 0 Å². The Balaban J connectivity index is 0.980. The standard InChI is InChI=1S/C60H46N4O4/c1-62-56-39-43(20-14-41-16-22-46(23-17-41)63(48-26-30-50(65-2)31-27-48)57-34-36-59(67-4)54-12-8-6-10-52(54)57)45(40-61)38-44(56)21-15-42-18-24-47(25-19-42)64(49-28-32-51(66-3)33-29-49)58-35-37-60(68-5)55-13-9-7-11-53(55)58/h6-39H,2-5H3/b20-14+,21-15+. The Morgan fingerprint density at radius 2 is 0.838 bits per heavy atom. The highest BCUT2D eigenvalue weighted by atomic mass is 16.5. The lowest BCUT2D eigenvalue weighted by molar-refractivity contribution is 0.414. The number of hydrogen-bond donors (Lipinski definition) is 0. The van der Waals surface area contributed by atoms with Gasteiger partial charge < -0.3 is 28.7 Å². The topological polar surface area (TPSA) is 71.6 Å². The molecule has 0 atom stereocenters. The third-order valence-corrected chi connectivity index (χ3v) is 12.0. The van der Waals surface area contributed by atoms with E-state index in [1.807, 2.05) is 121 Å². The Hall–Kier alpha value is -9.24. The molecular weight excluding hydrogens is 841 g/mol. The van der Waals surface area contributed by atoms with Crippen molar-refractivity contribution in [1.29, 1.82) is 5.26 Å². The van der Waals surface area contributed by atoms with E-state index in [0.717, 1.165) is 89.8 Å². The fourth-order valence-electron chi connectivity index (χ4n) is 8.50. The lowest BCUT2D eigenvalue weighted by Crippen LogP contribution is -2.10. The van der Waals surface area contributed by atoms with Crippen molar-refractivity contribution < 1.29 is 18.9 Å². The minimum absolute atomic E-state index is 0.450. The molecule has 68 heavy (non-hydrogen) atoms. The minimum Gasteiger partial charge on any atom is -0.497 e. The van der Waals surface area contributed by atoms with E-state index in [0.29, 0.717) is 22.4 Å². The van der Waals surface area contributed by atoms with Crippen molar-refractivity contribution in [2.75, 3.05) is 38.2 Å². The van der Waals surface area contributed by atoms with Crippen LogP contribution >= 0.6 is 0 Å². The van der Waals surface area contributed by atoms with Gasteiger partial charge in [0.15, 0.2) is 5.69 Å². The van der Waals surface area contributed by atoms with E-state index in [2.05, 4.69) is 93.5 Å². The van der Waals surface area contributed by atoms with Crippen LogP contribution in [0.2, 0.25) is 0 Å². The molecule has 330 valence electrons. The van der Waals surface area contributed by atoms with Gasteiger partial charge in [-0.1, -0.05) is 97.1 Å². The molecule has 0 saturated heterocycles. The normalized spacial score (nSPS) is 11.1. The molecule has 0 unspecified atom stereocenters. The van der Waals surface area contributed by atoms with Crippen molar-refractivity contribution in [2.24, 2.45) is 0 Å². The van der Waals surface area contributed by atoms with Gasteiger partial charge >= 0.3 is 0 Å². The van der Waals surface area contributed by atoms with Gasteiger partial charge in [0.1, 0.15) is 23.0 Å². The lowest BCUT2D eigenvalue weighted by Gasteiger charge is -2.27. The lowest BCUT2D eigenvalue weighted by atomic mass is 10.0. The number of rotatable bonds is 14. The zero-order chi connectivity index (χ0) is 47.0. The molecule has 0 aliphatic rings. The molecule has 0 N–H and O–H groups in total. The van der Waals surface area contributed by atoms with Crippen LogP contribution in [0.15, 0.2) is 182 Å². The Morgan fingerprint density at radius 3 is 1.22 bits per heavy atom. The second-order valence-corrected chi connectivity index (χ2v) is 15.8. The smallest absolute Gasteiger partial charge is 0.194 e. The quantitative estimate of drug-likeness (QED) is 0.0795. The van der Waals surface area contributed by atoms with Crippen LogP contribution in [0, 0.1) is 17.9 Å². The molecule has 0 bridgehead atoms. The van der Waals surface area contributed by atoms with Crippen molar-refractivity contribution in [3.05, 3.63) is 221 Å². The summed E-state index contributed by atoms with van der Waals surface area (Å²) in [6.45, 7) is 8.08. The highest BCUT2D eigenvalue weighted by Gasteiger charge is 2.19. The molecule has 8 nitrogen and oxygen atoms in total. The molecule has 9 aromatic carbocycles. The van der Waals surface area contributed by atoms with Crippen LogP contribution in [-0.2, 0) is 0 Å². The number of anilines is 6. The summed E-state index contributed by atoms with van der Waals surface area (Å²) in [6.07, 6.45) is 7.73. The van der Waals surface area contributed by atoms with E-state index in [1.54, 1.807) is 40.6 Å². The molecule has 0 aliphatic heterocycles. The number of methoxy groups -OCH3 is 4. The molecular formula is C60H46N4O4. The number of fused-ring (bicyclic) bond motifs is 2. The number of benzene rings is 9. The molecule has 0 aliphatic carbocycles. The Labute approximate surface area is 396 Å². The summed E-state index contributed by atoms with van der Waals surface area (Å²) in [5.41, 5.74) is 9.99. The van der Waals surface area contributed by atoms with Gasteiger partial charge in [0.05, 0.1) is 58.0 Å². The Morgan fingerprint density at radius 1 is 0.441 bits per heavy atom. The van der Waals surface area contributed by atoms with Crippen LogP contribution in [0.4, 0.5) is 39.8 Å². The SMILES string of the molecule is [C-]#[N+]c1cc(/C=C/c2ccc(N(c3ccc(OC)cc3)c3ccc(OC)c4ccccc34)cc2)c(C#N)cc1/C=C/c1ccc(N(c2ccc(OC)cc2)c2ccc(OC)c3ccccc23)cc1. The van der Waals surface area contributed by atoms with Crippen LogP contribution in [0.5, 0.6) is 23.0 Å². The van der Waals surface area contributed by atoms with E-state index in [4.69, 9.17) is 25.5 Å². The van der Waals surface area contributed by atoms with Crippen LogP contribution in [0.25, 0.3) is 50.7 Å². The molecule has 8 heteroatoms. The summed E-state index contributed by atoms with van der Waals surface area (Å²) in [5, 5.41) is 14.4. The summed E-state index contributed by atoms with van der Waals surface area (Å²) >= 11 is 0. The van der Waals surface area contributed by atoms with Gasteiger partial charge in [-0.2, -0.15) is 5.26 Å². The first-order valence-electron chi connectivity index (χ1n) is 21.9. The summed E-state index contributed by atoms with van der Waals surface area (Å²) < 4.78 is 22.4. The predicted molar refractivity (Wildman–Crippen MR) is 279 cm³/mol. The molecule has 9 aromatic rings. The predicted octanol–water partition coefficient (Wildman–Crippen LogP) is 15.7. The molecule has 0 amide bonds. The van der Waals surface area contributed by atoms with Crippen LogP contribution in [0.1, 0.15) is 27.8 Å². The van der Waals surface area contributed by atoms with Crippen LogP contribution in [-0.4, -0.2) is 28.4 Å². The number of nitrogens with zero attached hydrogens (tertiary/aromatic N) is 4. The zero-order valence-corrected chi connectivity index (χ0v) is 38.1. The van der Waals surface area contributed by atoms with Gasteiger partial charge in [-0.15, -0.1) is 0 Å². The maximum atomic E-state index is 10.3. The maximum absolute atomic E-state index is 10.3. The minimum atomic E-state index is 0.450.